The maximum absolute atomic E-state index is 9.72. The van der Waals surface area contributed by atoms with Gasteiger partial charge in [0.2, 0.25) is 0 Å². The van der Waals surface area contributed by atoms with Crippen LogP contribution in [0.4, 0.5) is 0 Å². The Morgan fingerprint density at radius 2 is 2.00 bits per heavy atom. The molecule has 1 fully saturated rings. The zero-order valence-electron chi connectivity index (χ0n) is 8.17. The highest BCUT2D eigenvalue weighted by atomic mass is 16.7. The van der Waals surface area contributed by atoms with Crippen molar-refractivity contribution < 1.29 is 19.7 Å². The topological polar surface area (TPSA) is 62.2 Å². The van der Waals surface area contributed by atoms with Gasteiger partial charge in [-0.15, -0.1) is 0 Å². The lowest BCUT2D eigenvalue weighted by atomic mass is 10.0. The van der Waals surface area contributed by atoms with Crippen LogP contribution < -0.4 is 0 Å². The summed E-state index contributed by atoms with van der Waals surface area (Å²) in [6.45, 7) is 0.193. The summed E-state index contributed by atoms with van der Waals surface area (Å²) in [5, 5.41) is 19.3. The minimum Gasteiger partial charge on any atom is -0.389 e. The van der Waals surface area contributed by atoms with Gasteiger partial charge in [0.05, 0.1) is 18.8 Å². The molecule has 1 heterocycles. The predicted molar refractivity (Wildman–Crippen MR) is 46.2 cm³/mol. The van der Waals surface area contributed by atoms with E-state index in [2.05, 4.69) is 0 Å². The van der Waals surface area contributed by atoms with Crippen molar-refractivity contribution in [1.29, 1.82) is 0 Å². The van der Waals surface area contributed by atoms with Crippen molar-refractivity contribution in [1.82, 2.24) is 4.90 Å². The summed E-state index contributed by atoms with van der Waals surface area (Å²) in [5.41, 5.74) is 0. The molecular formula is C8H17NO4. The van der Waals surface area contributed by atoms with E-state index < -0.39 is 18.5 Å². The quantitative estimate of drug-likeness (QED) is 0.564. The Morgan fingerprint density at radius 3 is 2.46 bits per heavy atom. The fourth-order valence-electron chi connectivity index (χ4n) is 1.64. The third-order valence-electron chi connectivity index (χ3n) is 2.28. The molecule has 0 aliphatic carbocycles. The molecule has 0 spiro atoms. The molecule has 0 unspecified atom stereocenters. The molecule has 13 heavy (non-hydrogen) atoms. The summed E-state index contributed by atoms with van der Waals surface area (Å²) < 4.78 is 10.0. The minimum atomic E-state index is -0.816. The van der Waals surface area contributed by atoms with Gasteiger partial charge in [0, 0.05) is 7.11 Å². The van der Waals surface area contributed by atoms with Gasteiger partial charge in [-0.1, -0.05) is 0 Å². The van der Waals surface area contributed by atoms with E-state index in [0.717, 1.165) is 0 Å². The van der Waals surface area contributed by atoms with Crippen LogP contribution in [0.1, 0.15) is 0 Å². The molecule has 0 aromatic carbocycles. The van der Waals surface area contributed by atoms with Gasteiger partial charge in [0.1, 0.15) is 6.10 Å². The van der Waals surface area contributed by atoms with E-state index in [0.29, 0.717) is 0 Å². The smallest absolute Gasteiger partial charge is 0.184 e. The summed E-state index contributed by atoms with van der Waals surface area (Å²) >= 11 is 0. The SMILES string of the molecule is CO[C@H]1OC[C@H](O)[C@@H](N(C)C)[C@H]1O. The van der Waals surface area contributed by atoms with Gasteiger partial charge < -0.3 is 24.6 Å². The molecule has 0 radical (unpaired) electrons. The second kappa shape index (κ2) is 4.34. The van der Waals surface area contributed by atoms with Crippen molar-refractivity contribution in [3.8, 4) is 0 Å². The maximum Gasteiger partial charge on any atom is 0.184 e. The number of likely N-dealkylation sites (N-methyl/N-ethyl adjacent to an activating group) is 1. The molecule has 2 N–H and O–H groups in total. The number of hydrogen-bond donors (Lipinski definition) is 2. The number of ether oxygens (including phenoxy) is 2. The molecule has 0 saturated carbocycles. The van der Waals surface area contributed by atoms with Crippen LogP contribution in [0.2, 0.25) is 0 Å². The molecule has 0 aromatic rings. The Hall–Kier alpha value is -0.200. The third kappa shape index (κ3) is 2.18. The van der Waals surface area contributed by atoms with Crippen molar-refractivity contribution in [2.45, 2.75) is 24.5 Å². The van der Waals surface area contributed by atoms with E-state index in [1.54, 1.807) is 19.0 Å². The molecule has 1 aliphatic heterocycles. The molecule has 1 rings (SSSR count). The largest absolute Gasteiger partial charge is 0.389 e. The average molecular weight is 191 g/mol. The second-order valence-electron chi connectivity index (χ2n) is 3.45. The van der Waals surface area contributed by atoms with Crippen LogP contribution in [0.3, 0.4) is 0 Å². The summed E-state index contributed by atoms with van der Waals surface area (Å²) in [6, 6.07) is -0.335. The van der Waals surface area contributed by atoms with Crippen molar-refractivity contribution in [3.63, 3.8) is 0 Å². The number of nitrogens with zero attached hydrogens (tertiary/aromatic N) is 1. The molecule has 0 aromatic heterocycles. The van der Waals surface area contributed by atoms with Crippen LogP contribution >= 0.6 is 0 Å². The highest BCUT2D eigenvalue weighted by Gasteiger charge is 2.39. The minimum absolute atomic E-state index is 0.193. The standard InChI is InChI=1S/C8H17NO4/c1-9(2)6-5(10)4-13-8(12-3)7(6)11/h5-8,10-11H,4H2,1-3H3/t5-,6+,7+,8-/m0/s1. The van der Waals surface area contributed by atoms with Gasteiger partial charge in [-0.25, -0.2) is 0 Å². The molecule has 78 valence electrons. The Bertz CT molecular complexity index is 164. The van der Waals surface area contributed by atoms with Crippen LogP contribution in [0, 0.1) is 0 Å². The monoisotopic (exact) mass is 191 g/mol. The van der Waals surface area contributed by atoms with Gasteiger partial charge >= 0.3 is 0 Å². The van der Waals surface area contributed by atoms with Crippen molar-refractivity contribution in [2.75, 3.05) is 27.8 Å². The lowest BCUT2D eigenvalue weighted by Gasteiger charge is -2.40. The molecule has 0 bridgehead atoms. The van der Waals surface area contributed by atoms with E-state index >= 15 is 0 Å². The fourth-order valence-corrected chi connectivity index (χ4v) is 1.64. The summed E-state index contributed by atoms with van der Waals surface area (Å²) in [7, 11) is 5.07. The van der Waals surface area contributed by atoms with Crippen LogP contribution in [0.25, 0.3) is 0 Å². The predicted octanol–water partition coefficient (Wildman–Crippen LogP) is -1.36. The number of hydrogen-bond acceptors (Lipinski definition) is 5. The highest BCUT2D eigenvalue weighted by molar-refractivity contribution is 4.88. The van der Waals surface area contributed by atoms with Gasteiger partial charge in [-0.05, 0) is 14.1 Å². The normalized spacial score (nSPS) is 41.1. The zero-order valence-corrected chi connectivity index (χ0v) is 8.17. The Balaban J connectivity index is 2.66. The molecule has 5 heteroatoms. The van der Waals surface area contributed by atoms with E-state index in [1.165, 1.54) is 7.11 Å². The number of aliphatic hydroxyl groups is 2. The molecule has 5 nitrogen and oxygen atoms in total. The van der Waals surface area contributed by atoms with E-state index in [4.69, 9.17) is 9.47 Å². The molecule has 4 atom stereocenters. The maximum atomic E-state index is 9.72. The van der Waals surface area contributed by atoms with Crippen LogP contribution in [0.15, 0.2) is 0 Å². The van der Waals surface area contributed by atoms with Gasteiger partial charge in [-0.3, -0.25) is 0 Å². The lowest BCUT2D eigenvalue weighted by molar-refractivity contribution is -0.247. The van der Waals surface area contributed by atoms with Crippen LogP contribution in [-0.2, 0) is 9.47 Å². The first-order chi connectivity index (χ1) is 6.07. The van der Waals surface area contributed by atoms with Gasteiger partial charge in [0.25, 0.3) is 0 Å². The Morgan fingerprint density at radius 1 is 1.38 bits per heavy atom. The first-order valence-electron chi connectivity index (χ1n) is 4.25. The fraction of sp³-hybridized carbons (Fsp3) is 1.00. The van der Waals surface area contributed by atoms with E-state index in [9.17, 15) is 10.2 Å². The first-order valence-corrected chi connectivity index (χ1v) is 4.25. The van der Waals surface area contributed by atoms with Gasteiger partial charge in [0.15, 0.2) is 6.29 Å². The lowest BCUT2D eigenvalue weighted by Crippen LogP contribution is -2.59. The molecule has 0 amide bonds. The Kier molecular flexibility index (Phi) is 3.63. The molecular weight excluding hydrogens is 174 g/mol. The number of rotatable bonds is 2. The number of aliphatic hydroxyl groups excluding tert-OH is 2. The molecule has 1 saturated heterocycles. The van der Waals surface area contributed by atoms with Crippen LogP contribution in [-0.4, -0.2) is 67.5 Å². The van der Waals surface area contributed by atoms with Crippen LogP contribution in [0.5, 0.6) is 0 Å². The Labute approximate surface area is 77.9 Å². The number of methoxy groups -OCH3 is 1. The molecule has 1 aliphatic rings. The van der Waals surface area contributed by atoms with Gasteiger partial charge in [-0.2, -0.15) is 0 Å². The summed E-state index contributed by atoms with van der Waals surface area (Å²) in [6.07, 6.45) is -2.13. The zero-order chi connectivity index (χ0) is 10.0. The van der Waals surface area contributed by atoms with Crippen molar-refractivity contribution >= 4 is 0 Å². The summed E-state index contributed by atoms with van der Waals surface area (Å²) in [4.78, 5) is 1.77. The third-order valence-corrected chi connectivity index (χ3v) is 2.28. The van der Waals surface area contributed by atoms with Crippen molar-refractivity contribution in [2.24, 2.45) is 0 Å². The van der Waals surface area contributed by atoms with Crippen molar-refractivity contribution in [3.05, 3.63) is 0 Å². The average Bonchev–Trinajstić information content (AvgIpc) is 2.04. The first kappa shape index (κ1) is 10.9. The van der Waals surface area contributed by atoms with E-state index in [-0.39, 0.29) is 12.6 Å². The highest BCUT2D eigenvalue weighted by Crippen LogP contribution is 2.19. The summed E-state index contributed by atoms with van der Waals surface area (Å²) in [5.74, 6) is 0. The second-order valence-corrected chi connectivity index (χ2v) is 3.45. The van der Waals surface area contributed by atoms with E-state index in [1.807, 2.05) is 0 Å².